The fourth-order valence-electron chi connectivity index (χ4n) is 6.59. The van der Waals surface area contributed by atoms with Gasteiger partial charge >= 0.3 is 12.1 Å². The minimum absolute atomic E-state index is 0.0294. The SMILES string of the molecule is C1CCOC1.CCOc1nc2c(C(=O)N(C)OC)cc(-c3c(C)noc3C)cc2[nH]1.CCOc1nc2c(C(=O)N(C)OC)cc(-c3c(C)noc3C)cc2n1C(=O)OC(C)(C)C. The van der Waals surface area contributed by atoms with Crippen LogP contribution in [0.1, 0.15) is 91.1 Å². The lowest BCUT2D eigenvalue weighted by atomic mass is 10.00. The number of aryl methyl sites for hydroxylation is 4. The van der Waals surface area contributed by atoms with Crippen LogP contribution in [0.15, 0.2) is 33.3 Å². The molecule has 19 nitrogen and oxygen atoms in total. The maximum atomic E-state index is 13.1. The molecule has 0 unspecified atom stereocenters. The third kappa shape index (κ3) is 10.4. The zero-order valence-electron chi connectivity index (χ0n) is 37.7. The van der Waals surface area contributed by atoms with E-state index in [1.165, 1.54) is 38.7 Å². The summed E-state index contributed by atoms with van der Waals surface area (Å²) in [6, 6.07) is 7.48. The quantitative estimate of drug-likeness (QED) is 0.130. The molecule has 0 radical (unpaired) electrons. The molecule has 6 aromatic rings. The molecule has 1 aliphatic heterocycles. The van der Waals surface area contributed by atoms with Gasteiger partial charge in [0.1, 0.15) is 28.2 Å². The van der Waals surface area contributed by atoms with Gasteiger partial charge in [-0.3, -0.25) is 19.3 Å². The van der Waals surface area contributed by atoms with Crippen molar-refractivity contribution >= 4 is 40.0 Å². The third-order valence-corrected chi connectivity index (χ3v) is 9.48. The van der Waals surface area contributed by atoms with Crippen molar-refractivity contribution in [1.82, 2.24) is 40.0 Å². The van der Waals surface area contributed by atoms with Crippen molar-refractivity contribution in [3.05, 3.63) is 58.3 Å². The highest BCUT2D eigenvalue weighted by atomic mass is 16.7. The lowest BCUT2D eigenvalue weighted by Gasteiger charge is -2.20. The lowest BCUT2D eigenvalue weighted by Crippen LogP contribution is -2.27. The van der Waals surface area contributed by atoms with E-state index in [0.29, 0.717) is 57.5 Å². The molecule has 0 atom stereocenters. The first-order valence-electron chi connectivity index (χ1n) is 20.1. The molecule has 0 spiro atoms. The molecule has 4 aromatic heterocycles. The van der Waals surface area contributed by atoms with E-state index in [9.17, 15) is 14.4 Å². The molecule has 1 aliphatic rings. The van der Waals surface area contributed by atoms with Crippen LogP contribution in [0.4, 0.5) is 4.79 Å². The number of rotatable bonds is 10. The van der Waals surface area contributed by atoms with E-state index in [4.69, 9.17) is 37.7 Å². The van der Waals surface area contributed by atoms with Crippen molar-refractivity contribution in [1.29, 1.82) is 0 Å². The monoisotopic (exact) mass is 860 g/mol. The van der Waals surface area contributed by atoms with Gasteiger partial charge in [0, 0.05) is 38.4 Å². The Morgan fingerprint density at radius 3 is 1.71 bits per heavy atom. The smallest absolute Gasteiger partial charge is 0.423 e. The van der Waals surface area contributed by atoms with Gasteiger partial charge in [-0.1, -0.05) is 10.3 Å². The number of aromatic amines is 1. The number of H-pyrrole nitrogens is 1. The number of amides is 2. The van der Waals surface area contributed by atoms with E-state index >= 15 is 0 Å². The van der Waals surface area contributed by atoms with Crippen LogP contribution in [0.5, 0.6) is 12.0 Å². The van der Waals surface area contributed by atoms with Crippen molar-refractivity contribution in [2.24, 2.45) is 0 Å². The highest BCUT2D eigenvalue weighted by molar-refractivity contribution is 6.08. The van der Waals surface area contributed by atoms with Crippen LogP contribution in [0.25, 0.3) is 44.3 Å². The molecule has 0 aliphatic carbocycles. The molecule has 0 saturated carbocycles. The second-order valence-corrected chi connectivity index (χ2v) is 15.1. The van der Waals surface area contributed by atoms with Crippen LogP contribution in [-0.4, -0.2) is 118 Å². The topological polar surface area (TPSA) is 212 Å². The number of aromatic nitrogens is 6. The fraction of sp³-hybridized carbons (Fsp3) is 0.465. The second kappa shape index (κ2) is 20.0. The Morgan fingerprint density at radius 2 is 1.27 bits per heavy atom. The average Bonchev–Trinajstić information content (AvgIpc) is 4.09. The van der Waals surface area contributed by atoms with Gasteiger partial charge in [0.15, 0.2) is 0 Å². The Morgan fingerprint density at radius 1 is 0.758 bits per heavy atom. The van der Waals surface area contributed by atoms with Crippen LogP contribution < -0.4 is 9.47 Å². The molecule has 1 fully saturated rings. The number of nitrogens with zero attached hydrogens (tertiary/aromatic N) is 7. The van der Waals surface area contributed by atoms with Crippen molar-refractivity contribution < 1.29 is 52.1 Å². The van der Waals surface area contributed by atoms with Crippen molar-refractivity contribution in [2.75, 3.05) is 54.7 Å². The van der Waals surface area contributed by atoms with Crippen LogP contribution in [-0.2, 0) is 19.1 Å². The minimum atomic E-state index is -0.745. The molecule has 0 bridgehead atoms. The zero-order valence-corrected chi connectivity index (χ0v) is 37.7. The number of carbonyl (C=O) groups is 3. The molecule has 334 valence electrons. The van der Waals surface area contributed by atoms with Gasteiger partial charge in [0.2, 0.25) is 0 Å². The summed E-state index contributed by atoms with van der Waals surface area (Å²) in [6.07, 6.45) is 1.89. The number of hydroxylamine groups is 4. The Kier molecular flexibility index (Phi) is 15.1. The fourth-order valence-corrected chi connectivity index (χ4v) is 6.59. The third-order valence-electron chi connectivity index (χ3n) is 9.48. The van der Waals surface area contributed by atoms with Gasteiger partial charge in [0.25, 0.3) is 17.8 Å². The van der Waals surface area contributed by atoms with Crippen molar-refractivity contribution in [3.63, 3.8) is 0 Å². The number of hydrogen-bond donors (Lipinski definition) is 1. The van der Waals surface area contributed by atoms with Gasteiger partial charge in [-0.05, 0) is 111 Å². The first-order valence-corrected chi connectivity index (χ1v) is 20.1. The molecule has 62 heavy (non-hydrogen) atoms. The molecular weight excluding hydrogens is 805 g/mol. The Labute approximate surface area is 359 Å². The standard InChI is InChI=1S/C22H28N4O6.C17H20N4O4.C4H8O/c1-9-30-20-23-18-15(19(27)25(7)29-8)10-14(17-12(2)24-32-13(17)3)11-16(18)26(20)21(28)31-22(4,5)6;1-6-24-17-18-13-8-11(14-9(2)20-25-10(14)3)7-12(15(13)19-17)16(22)21(4)23-5;1-2-4-5-3-1/h10-11H,9H2,1-8H3;7-8H,6H2,1-5H3,(H,18,19);1-4H2. The number of carbonyl (C=O) groups excluding carboxylic acids is 3. The maximum Gasteiger partial charge on any atom is 0.423 e. The van der Waals surface area contributed by atoms with Gasteiger partial charge in [-0.2, -0.15) is 14.5 Å². The Bertz CT molecular complexity index is 2480. The summed E-state index contributed by atoms with van der Waals surface area (Å²) in [5.41, 5.74) is 6.14. The minimum Gasteiger partial charge on any atom is -0.465 e. The number of benzene rings is 2. The van der Waals surface area contributed by atoms with Crippen molar-refractivity contribution in [2.45, 2.75) is 80.8 Å². The largest absolute Gasteiger partial charge is 0.465 e. The summed E-state index contributed by atoms with van der Waals surface area (Å²) in [4.78, 5) is 61.0. The number of imidazole rings is 2. The van der Waals surface area contributed by atoms with Gasteiger partial charge in [-0.15, -0.1) is 0 Å². The molecule has 19 heteroatoms. The lowest BCUT2D eigenvalue weighted by molar-refractivity contribution is -0.0756. The second-order valence-electron chi connectivity index (χ2n) is 15.1. The highest BCUT2D eigenvalue weighted by Gasteiger charge is 2.29. The predicted molar refractivity (Wildman–Crippen MR) is 228 cm³/mol. The summed E-state index contributed by atoms with van der Waals surface area (Å²) in [5, 5.41) is 10.2. The summed E-state index contributed by atoms with van der Waals surface area (Å²) in [5.74, 6) is 0.507. The zero-order chi connectivity index (χ0) is 45.5. The van der Waals surface area contributed by atoms with Gasteiger partial charge in [0.05, 0.1) is 61.0 Å². The van der Waals surface area contributed by atoms with E-state index in [1.807, 2.05) is 26.8 Å². The van der Waals surface area contributed by atoms with Crippen LogP contribution in [0.3, 0.4) is 0 Å². The molecule has 2 amide bonds. The van der Waals surface area contributed by atoms with Gasteiger partial charge < -0.3 is 33.0 Å². The predicted octanol–water partition coefficient (Wildman–Crippen LogP) is 7.79. The van der Waals surface area contributed by atoms with E-state index < -0.39 is 17.6 Å². The van der Waals surface area contributed by atoms with E-state index in [0.717, 1.165) is 45.7 Å². The summed E-state index contributed by atoms with van der Waals surface area (Å²) in [7, 11) is 5.86. The summed E-state index contributed by atoms with van der Waals surface area (Å²) >= 11 is 0. The molecular formula is C43H56N8O11. The first kappa shape index (κ1) is 46.8. The number of fused-ring (bicyclic) bond motifs is 2. The number of hydrogen-bond acceptors (Lipinski definition) is 15. The van der Waals surface area contributed by atoms with Crippen molar-refractivity contribution in [3.8, 4) is 34.3 Å². The molecule has 7 rings (SSSR count). The Hall–Kier alpha value is -6.31. The number of nitrogens with one attached hydrogen (secondary N) is 1. The van der Waals surface area contributed by atoms with E-state index in [1.54, 1.807) is 66.8 Å². The average molecular weight is 861 g/mol. The summed E-state index contributed by atoms with van der Waals surface area (Å²) in [6.45, 7) is 19.0. The van der Waals surface area contributed by atoms with Crippen LogP contribution in [0.2, 0.25) is 0 Å². The van der Waals surface area contributed by atoms with E-state index in [-0.39, 0.29) is 29.6 Å². The highest BCUT2D eigenvalue weighted by Crippen LogP contribution is 2.36. The number of ether oxygens (including phenoxy) is 4. The van der Waals surface area contributed by atoms with Crippen LogP contribution >= 0.6 is 0 Å². The normalized spacial score (nSPS) is 12.4. The van der Waals surface area contributed by atoms with Gasteiger partial charge in [-0.25, -0.2) is 14.9 Å². The molecule has 1 N–H and O–H groups in total. The van der Waals surface area contributed by atoms with Crippen LogP contribution in [0, 0.1) is 27.7 Å². The summed E-state index contributed by atoms with van der Waals surface area (Å²) < 4.78 is 33.4. The van der Waals surface area contributed by atoms with E-state index in [2.05, 4.69) is 25.3 Å². The molecule has 5 heterocycles. The Balaban J connectivity index is 0.000000215. The first-order chi connectivity index (χ1) is 29.4. The molecule has 2 aromatic carbocycles. The molecule has 1 saturated heterocycles. The maximum absolute atomic E-state index is 13.1.